The summed E-state index contributed by atoms with van der Waals surface area (Å²) in [6.45, 7) is 4.29. The lowest BCUT2D eigenvalue weighted by atomic mass is 9.95. The van der Waals surface area contributed by atoms with Crippen LogP contribution in [0.15, 0.2) is 18.2 Å². The van der Waals surface area contributed by atoms with Gasteiger partial charge in [0.1, 0.15) is 0 Å². The van der Waals surface area contributed by atoms with Crippen LogP contribution in [-0.4, -0.2) is 11.7 Å². The monoisotopic (exact) mass is 189 g/mol. The first-order valence-electron chi connectivity index (χ1n) is 5.37. The molecule has 1 nitrogen and oxygen atoms in total. The normalized spacial score (nSPS) is 16.7. The molecule has 1 atom stereocenters. The molecule has 1 N–H and O–H groups in total. The van der Waals surface area contributed by atoms with E-state index in [0.717, 1.165) is 6.42 Å². The van der Waals surface area contributed by atoms with E-state index in [2.05, 4.69) is 25.1 Å². The standard InChI is InChI=1S/C13H17O/c1-10(7-8-14)12-6-5-11-3-2-4-13(11)9-12/h5-6,9-10,14H,1-4,7-8H2/t10-/m0/s1. The van der Waals surface area contributed by atoms with Gasteiger partial charge in [0, 0.05) is 6.61 Å². The number of aliphatic hydroxyl groups is 1. The Morgan fingerprint density at radius 2 is 2.07 bits per heavy atom. The van der Waals surface area contributed by atoms with E-state index in [1.807, 2.05) is 0 Å². The summed E-state index contributed by atoms with van der Waals surface area (Å²) < 4.78 is 0. The van der Waals surface area contributed by atoms with Crippen molar-refractivity contribution in [2.75, 3.05) is 6.61 Å². The van der Waals surface area contributed by atoms with Crippen molar-refractivity contribution in [3.63, 3.8) is 0 Å². The van der Waals surface area contributed by atoms with Crippen LogP contribution in [0.4, 0.5) is 0 Å². The molecule has 1 heteroatoms. The molecule has 0 saturated heterocycles. The summed E-state index contributed by atoms with van der Waals surface area (Å²) in [7, 11) is 0. The molecular formula is C13H17O. The van der Waals surface area contributed by atoms with Crippen molar-refractivity contribution in [1.82, 2.24) is 0 Å². The van der Waals surface area contributed by atoms with Gasteiger partial charge < -0.3 is 5.11 Å². The van der Waals surface area contributed by atoms with E-state index in [0.29, 0.717) is 0 Å². The molecule has 1 aliphatic rings. The van der Waals surface area contributed by atoms with Gasteiger partial charge >= 0.3 is 0 Å². The molecule has 75 valence electrons. The van der Waals surface area contributed by atoms with Gasteiger partial charge in [0.2, 0.25) is 0 Å². The SMILES string of the molecule is [CH2][C@@H](CCO)c1ccc2c(c1)CCC2. The smallest absolute Gasteiger partial charge is 0.0436 e. The van der Waals surface area contributed by atoms with Crippen LogP contribution in [0.1, 0.15) is 35.4 Å². The Kier molecular flexibility index (Phi) is 2.87. The molecule has 0 bridgehead atoms. The quantitative estimate of drug-likeness (QED) is 0.774. The fraction of sp³-hybridized carbons (Fsp3) is 0.462. The third-order valence-corrected chi connectivity index (χ3v) is 3.07. The molecule has 2 rings (SSSR count). The average Bonchev–Trinajstić information content (AvgIpc) is 2.64. The number of hydrogen-bond acceptors (Lipinski definition) is 1. The third-order valence-electron chi connectivity index (χ3n) is 3.07. The van der Waals surface area contributed by atoms with E-state index in [1.54, 1.807) is 0 Å². The van der Waals surface area contributed by atoms with Gasteiger partial charge in [-0.3, -0.25) is 0 Å². The van der Waals surface area contributed by atoms with Crippen LogP contribution in [0.2, 0.25) is 0 Å². The first-order chi connectivity index (χ1) is 6.81. The minimum Gasteiger partial charge on any atom is -0.396 e. The van der Waals surface area contributed by atoms with Crippen molar-refractivity contribution < 1.29 is 5.11 Å². The average molecular weight is 189 g/mol. The minimum atomic E-state index is 0.227. The Bertz CT molecular complexity index is 317. The van der Waals surface area contributed by atoms with E-state index in [-0.39, 0.29) is 12.5 Å². The lowest BCUT2D eigenvalue weighted by Gasteiger charge is -2.11. The summed E-state index contributed by atoms with van der Waals surface area (Å²) in [5.74, 6) is 0.242. The Morgan fingerprint density at radius 1 is 1.29 bits per heavy atom. The van der Waals surface area contributed by atoms with E-state index in [9.17, 15) is 0 Å². The Hall–Kier alpha value is -0.820. The van der Waals surface area contributed by atoms with Crippen molar-refractivity contribution in [3.05, 3.63) is 41.8 Å². The Balaban J connectivity index is 2.19. The van der Waals surface area contributed by atoms with Crippen LogP contribution in [0, 0.1) is 6.92 Å². The second kappa shape index (κ2) is 4.14. The Morgan fingerprint density at radius 3 is 2.86 bits per heavy atom. The predicted molar refractivity (Wildman–Crippen MR) is 58.3 cm³/mol. The highest BCUT2D eigenvalue weighted by Gasteiger charge is 2.12. The van der Waals surface area contributed by atoms with Gasteiger partial charge in [0.25, 0.3) is 0 Å². The zero-order chi connectivity index (χ0) is 9.97. The predicted octanol–water partition coefficient (Wildman–Crippen LogP) is 2.48. The van der Waals surface area contributed by atoms with Crippen LogP contribution < -0.4 is 0 Å². The number of fused-ring (bicyclic) bond motifs is 1. The van der Waals surface area contributed by atoms with Gasteiger partial charge in [0.15, 0.2) is 0 Å². The molecule has 1 radical (unpaired) electrons. The number of aryl methyl sites for hydroxylation is 2. The van der Waals surface area contributed by atoms with Crippen LogP contribution in [0.3, 0.4) is 0 Å². The minimum absolute atomic E-state index is 0.227. The molecule has 0 spiro atoms. The number of aliphatic hydroxyl groups excluding tert-OH is 1. The van der Waals surface area contributed by atoms with Gasteiger partial charge in [-0.05, 0) is 55.2 Å². The van der Waals surface area contributed by atoms with E-state index in [1.165, 1.54) is 36.0 Å². The zero-order valence-corrected chi connectivity index (χ0v) is 8.50. The summed E-state index contributed by atoms with van der Waals surface area (Å²) in [5.41, 5.74) is 4.28. The highest BCUT2D eigenvalue weighted by Crippen LogP contribution is 2.26. The second-order valence-electron chi connectivity index (χ2n) is 4.09. The second-order valence-corrected chi connectivity index (χ2v) is 4.09. The maximum absolute atomic E-state index is 8.85. The maximum atomic E-state index is 8.85. The van der Waals surface area contributed by atoms with Crippen molar-refractivity contribution in [2.24, 2.45) is 0 Å². The van der Waals surface area contributed by atoms with Gasteiger partial charge in [-0.2, -0.15) is 0 Å². The Labute approximate surface area is 85.8 Å². The zero-order valence-electron chi connectivity index (χ0n) is 8.50. The molecule has 0 amide bonds. The lowest BCUT2D eigenvalue weighted by Crippen LogP contribution is -1.98. The highest BCUT2D eigenvalue weighted by molar-refractivity contribution is 5.36. The summed E-state index contributed by atoms with van der Waals surface area (Å²) in [6.07, 6.45) is 4.51. The number of rotatable bonds is 3. The number of benzene rings is 1. The van der Waals surface area contributed by atoms with Crippen LogP contribution >= 0.6 is 0 Å². The molecular weight excluding hydrogens is 172 g/mol. The van der Waals surface area contributed by atoms with Crippen LogP contribution in [0.25, 0.3) is 0 Å². The summed E-state index contributed by atoms with van der Waals surface area (Å²) in [4.78, 5) is 0. The van der Waals surface area contributed by atoms with Gasteiger partial charge in [-0.15, -0.1) is 0 Å². The van der Waals surface area contributed by atoms with E-state index in [4.69, 9.17) is 5.11 Å². The van der Waals surface area contributed by atoms with E-state index < -0.39 is 0 Å². The molecule has 0 heterocycles. The van der Waals surface area contributed by atoms with Gasteiger partial charge in [-0.1, -0.05) is 18.2 Å². The first kappa shape index (κ1) is 9.72. The first-order valence-corrected chi connectivity index (χ1v) is 5.37. The molecule has 1 aromatic rings. The fourth-order valence-electron chi connectivity index (χ4n) is 2.17. The van der Waals surface area contributed by atoms with Gasteiger partial charge in [0.05, 0.1) is 0 Å². The van der Waals surface area contributed by atoms with Crippen LogP contribution in [0.5, 0.6) is 0 Å². The molecule has 1 aromatic carbocycles. The van der Waals surface area contributed by atoms with Crippen molar-refractivity contribution in [3.8, 4) is 0 Å². The van der Waals surface area contributed by atoms with Crippen molar-refractivity contribution in [2.45, 2.75) is 31.6 Å². The lowest BCUT2D eigenvalue weighted by molar-refractivity contribution is 0.282. The molecule has 0 aromatic heterocycles. The molecule has 1 aliphatic carbocycles. The molecule has 0 unspecified atom stereocenters. The van der Waals surface area contributed by atoms with Crippen LogP contribution in [-0.2, 0) is 12.8 Å². The van der Waals surface area contributed by atoms with E-state index >= 15 is 0 Å². The number of hydrogen-bond donors (Lipinski definition) is 1. The van der Waals surface area contributed by atoms with Gasteiger partial charge in [-0.25, -0.2) is 0 Å². The van der Waals surface area contributed by atoms with Crippen molar-refractivity contribution >= 4 is 0 Å². The summed E-state index contributed by atoms with van der Waals surface area (Å²) >= 11 is 0. The topological polar surface area (TPSA) is 20.2 Å². The highest BCUT2D eigenvalue weighted by atomic mass is 16.3. The summed E-state index contributed by atoms with van der Waals surface area (Å²) in [6, 6.07) is 6.67. The molecule has 0 saturated carbocycles. The summed E-state index contributed by atoms with van der Waals surface area (Å²) in [5, 5.41) is 8.85. The molecule has 0 fully saturated rings. The third kappa shape index (κ3) is 1.83. The maximum Gasteiger partial charge on any atom is 0.0436 e. The largest absolute Gasteiger partial charge is 0.396 e. The molecule has 0 aliphatic heterocycles. The van der Waals surface area contributed by atoms with Crippen molar-refractivity contribution in [1.29, 1.82) is 0 Å². The fourth-order valence-corrected chi connectivity index (χ4v) is 2.17. The molecule has 14 heavy (non-hydrogen) atoms.